The van der Waals surface area contributed by atoms with Gasteiger partial charge in [-0.25, -0.2) is 5.84 Å². The highest BCUT2D eigenvalue weighted by molar-refractivity contribution is 5.78. The zero-order valence-electron chi connectivity index (χ0n) is 12.8. The van der Waals surface area contributed by atoms with Crippen molar-refractivity contribution in [2.75, 3.05) is 26.2 Å². The van der Waals surface area contributed by atoms with Crippen molar-refractivity contribution in [1.29, 1.82) is 0 Å². The molecule has 6 nitrogen and oxygen atoms in total. The molecule has 1 amide bonds. The van der Waals surface area contributed by atoms with Gasteiger partial charge in [0.2, 0.25) is 5.91 Å². The highest BCUT2D eigenvalue weighted by Crippen LogP contribution is 2.17. The Balaban J connectivity index is 1.61. The fourth-order valence-electron chi connectivity index (χ4n) is 2.73. The summed E-state index contributed by atoms with van der Waals surface area (Å²) >= 11 is 0. The van der Waals surface area contributed by atoms with Gasteiger partial charge in [-0.2, -0.15) is 0 Å². The molecule has 4 N–H and O–H groups in total. The number of carbonyl (C=O) groups excluding carboxylic acids is 1. The summed E-state index contributed by atoms with van der Waals surface area (Å²) in [5.74, 6) is 5.05. The Morgan fingerprint density at radius 3 is 2.68 bits per heavy atom. The van der Waals surface area contributed by atoms with E-state index < -0.39 is 6.10 Å². The van der Waals surface area contributed by atoms with Crippen LogP contribution in [0.15, 0.2) is 30.3 Å². The predicted molar refractivity (Wildman–Crippen MR) is 83.6 cm³/mol. The zero-order chi connectivity index (χ0) is 15.8. The molecule has 0 bridgehead atoms. The maximum atomic E-state index is 11.4. The van der Waals surface area contributed by atoms with Gasteiger partial charge < -0.3 is 14.7 Å². The van der Waals surface area contributed by atoms with Crippen LogP contribution in [0.3, 0.4) is 0 Å². The van der Waals surface area contributed by atoms with Crippen LogP contribution in [0.5, 0.6) is 0 Å². The van der Waals surface area contributed by atoms with Crippen molar-refractivity contribution in [3.8, 4) is 0 Å². The third-order valence-corrected chi connectivity index (χ3v) is 3.99. The van der Waals surface area contributed by atoms with Crippen molar-refractivity contribution in [3.63, 3.8) is 0 Å². The number of nitrogens with zero attached hydrogens (tertiary/aromatic N) is 1. The smallest absolute Gasteiger partial charge is 0.237 e. The maximum absolute atomic E-state index is 11.4. The van der Waals surface area contributed by atoms with Crippen LogP contribution in [0.2, 0.25) is 0 Å². The molecule has 1 atom stereocenters. The van der Waals surface area contributed by atoms with Gasteiger partial charge in [-0.05, 0) is 31.5 Å². The number of likely N-dealkylation sites (tertiary alicyclic amines) is 1. The summed E-state index contributed by atoms with van der Waals surface area (Å²) in [5.41, 5.74) is 3.31. The number of amides is 1. The average molecular weight is 307 g/mol. The summed E-state index contributed by atoms with van der Waals surface area (Å²) in [5, 5.41) is 10.0. The quantitative estimate of drug-likeness (QED) is 0.382. The number of hydrogen-bond acceptors (Lipinski definition) is 5. The molecular weight excluding hydrogens is 282 g/mol. The number of hydrogen-bond donors (Lipinski definition) is 3. The Bertz CT molecular complexity index is 447. The molecular formula is C16H25N3O3. The van der Waals surface area contributed by atoms with E-state index in [1.54, 1.807) is 0 Å². The highest BCUT2D eigenvalue weighted by Gasteiger charge is 2.25. The summed E-state index contributed by atoms with van der Waals surface area (Å²) in [7, 11) is 0. The average Bonchev–Trinajstić information content (AvgIpc) is 2.56. The van der Waals surface area contributed by atoms with Crippen LogP contribution in [0.4, 0.5) is 0 Å². The van der Waals surface area contributed by atoms with Crippen molar-refractivity contribution < 1.29 is 14.6 Å². The Morgan fingerprint density at radius 2 is 2.05 bits per heavy atom. The number of carbonyl (C=O) groups is 1. The van der Waals surface area contributed by atoms with Crippen LogP contribution >= 0.6 is 0 Å². The van der Waals surface area contributed by atoms with Gasteiger partial charge in [0.1, 0.15) is 0 Å². The van der Waals surface area contributed by atoms with Crippen LogP contribution in [0.25, 0.3) is 0 Å². The normalized spacial score (nSPS) is 18.1. The third kappa shape index (κ3) is 5.38. The van der Waals surface area contributed by atoms with Crippen LogP contribution in [-0.4, -0.2) is 48.3 Å². The first-order chi connectivity index (χ1) is 10.7. The minimum absolute atomic E-state index is 0.00674. The molecule has 0 aromatic heterocycles. The topological polar surface area (TPSA) is 87.8 Å². The van der Waals surface area contributed by atoms with E-state index in [9.17, 15) is 9.90 Å². The molecule has 1 heterocycles. The van der Waals surface area contributed by atoms with E-state index in [1.807, 2.05) is 30.3 Å². The predicted octanol–water partition coefficient (Wildman–Crippen LogP) is 0.266. The molecule has 1 fully saturated rings. The fraction of sp³-hybridized carbons (Fsp3) is 0.562. The van der Waals surface area contributed by atoms with Crippen molar-refractivity contribution in [2.24, 2.45) is 11.8 Å². The second kappa shape index (κ2) is 8.85. The van der Waals surface area contributed by atoms with Gasteiger partial charge >= 0.3 is 0 Å². The number of nitrogens with two attached hydrogens (primary N) is 1. The SMILES string of the molecule is NNC(=O)C1CCN(C[C@@H](O)COCc2ccccc2)CC1. The molecule has 0 radical (unpaired) electrons. The molecule has 0 spiro atoms. The van der Waals surface area contributed by atoms with E-state index in [-0.39, 0.29) is 11.8 Å². The van der Waals surface area contributed by atoms with E-state index in [0.29, 0.717) is 19.8 Å². The number of nitrogens with one attached hydrogen (secondary N) is 1. The van der Waals surface area contributed by atoms with Crippen molar-refractivity contribution in [2.45, 2.75) is 25.6 Å². The molecule has 6 heteroatoms. The van der Waals surface area contributed by atoms with Crippen molar-refractivity contribution in [1.82, 2.24) is 10.3 Å². The molecule has 0 saturated carbocycles. The van der Waals surface area contributed by atoms with Crippen LogP contribution < -0.4 is 11.3 Å². The minimum atomic E-state index is -0.511. The minimum Gasteiger partial charge on any atom is -0.389 e. The van der Waals surface area contributed by atoms with Gasteiger partial charge in [0.25, 0.3) is 0 Å². The largest absolute Gasteiger partial charge is 0.389 e. The number of aliphatic hydroxyl groups excluding tert-OH is 1. The number of hydrazine groups is 1. The Kier molecular flexibility index (Phi) is 6.79. The molecule has 2 rings (SSSR count). The molecule has 122 valence electrons. The fourth-order valence-corrected chi connectivity index (χ4v) is 2.73. The summed E-state index contributed by atoms with van der Waals surface area (Å²) in [6.45, 7) is 3.00. The first-order valence-corrected chi connectivity index (χ1v) is 7.71. The molecule has 1 aliphatic rings. The van der Waals surface area contributed by atoms with E-state index in [4.69, 9.17) is 10.6 Å². The first-order valence-electron chi connectivity index (χ1n) is 7.71. The van der Waals surface area contributed by atoms with Crippen LogP contribution in [0, 0.1) is 5.92 Å². The molecule has 0 aliphatic carbocycles. The zero-order valence-corrected chi connectivity index (χ0v) is 12.8. The molecule has 0 unspecified atom stereocenters. The summed E-state index contributed by atoms with van der Waals surface area (Å²) in [4.78, 5) is 13.6. The monoisotopic (exact) mass is 307 g/mol. The second-order valence-electron chi connectivity index (χ2n) is 5.74. The standard InChI is InChI=1S/C16H25N3O3/c17-18-16(21)14-6-8-19(9-7-14)10-15(20)12-22-11-13-4-2-1-3-5-13/h1-5,14-15,20H,6-12,17H2,(H,18,21)/t15-/m1/s1. The lowest BCUT2D eigenvalue weighted by Crippen LogP contribution is -2.45. The molecule has 1 aliphatic heterocycles. The van der Waals surface area contributed by atoms with Gasteiger partial charge in [-0.15, -0.1) is 0 Å². The first kappa shape index (κ1) is 16.9. The number of benzene rings is 1. The summed E-state index contributed by atoms with van der Waals surface area (Å²) in [6.07, 6.45) is 1.05. The second-order valence-corrected chi connectivity index (χ2v) is 5.74. The van der Waals surface area contributed by atoms with Gasteiger partial charge in [-0.3, -0.25) is 10.2 Å². The molecule has 22 heavy (non-hydrogen) atoms. The van der Waals surface area contributed by atoms with Gasteiger partial charge in [0, 0.05) is 12.5 Å². The summed E-state index contributed by atoms with van der Waals surface area (Å²) in [6, 6.07) is 9.90. The Morgan fingerprint density at radius 1 is 1.36 bits per heavy atom. The number of aliphatic hydroxyl groups is 1. The van der Waals surface area contributed by atoms with E-state index in [0.717, 1.165) is 31.5 Å². The lowest BCUT2D eigenvalue weighted by atomic mass is 9.96. The van der Waals surface area contributed by atoms with E-state index in [2.05, 4.69) is 10.3 Å². The number of piperidine rings is 1. The highest BCUT2D eigenvalue weighted by atomic mass is 16.5. The third-order valence-electron chi connectivity index (χ3n) is 3.99. The molecule has 1 aromatic rings. The maximum Gasteiger partial charge on any atom is 0.237 e. The van der Waals surface area contributed by atoms with E-state index in [1.165, 1.54) is 0 Å². The number of rotatable bonds is 7. The number of ether oxygens (including phenoxy) is 1. The van der Waals surface area contributed by atoms with Gasteiger partial charge in [-0.1, -0.05) is 30.3 Å². The van der Waals surface area contributed by atoms with Crippen molar-refractivity contribution in [3.05, 3.63) is 35.9 Å². The summed E-state index contributed by atoms with van der Waals surface area (Å²) < 4.78 is 5.54. The van der Waals surface area contributed by atoms with Gasteiger partial charge in [0.15, 0.2) is 0 Å². The van der Waals surface area contributed by atoms with E-state index >= 15 is 0 Å². The van der Waals surface area contributed by atoms with Crippen molar-refractivity contribution >= 4 is 5.91 Å². The Hall–Kier alpha value is -1.47. The van der Waals surface area contributed by atoms with Gasteiger partial charge in [0.05, 0.1) is 19.3 Å². The molecule has 1 aromatic carbocycles. The molecule has 1 saturated heterocycles. The Labute approximate surface area is 131 Å². The lowest BCUT2D eigenvalue weighted by molar-refractivity contribution is -0.126. The lowest BCUT2D eigenvalue weighted by Gasteiger charge is -2.32. The van der Waals surface area contributed by atoms with Crippen LogP contribution in [0.1, 0.15) is 18.4 Å². The number of β-amino-alcohol motifs (C(OH)–C–C–N with tert-alkyl or cyclic N) is 1. The van der Waals surface area contributed by atoms with Crippen LogP contribution in [-0.2, 0) is 16.1 Å².